The molecule has 6 heteroatoms. The van der Waals surface area contributed by atoms with Gasteiger partial charge >= 0.3 is 0 Å². The van der Waals surface area contributed by atoms with Gasteiger partial charge in [0.05, 0.1) is 29.7 Å². The maximum atomic E-state index is 10.5. The maximum absolute atomic E-state index is 10.5. The van der Waals surface area contributed by atoms with Crippen LogP contribution in [0, 0.1) is 0 Å². The lowest BCUT2D eigenvalue weighted by molar-refractivity contribution is 0.177. The average Bonchev–Trinajstić information content (AvgIpc) is 3.10. The van der Waals surface area contributed by atoms with Gasteiger partial charge in [-0.3, -0.25) is 9.67 Å². The Morgan fingerprint density at radius 1 is 1.29 bits per heavy atom. The van der Waals surface area contributed by atoms with E-state index in [4.69, 9.17) is 0 Å². The molecule has 0 saturated heterocycles. The fourth-order valence-electron chi connectivity index (χ4n) is 2.54. The molecular formula is C15H19N5O. The molecule has 1 atom stereocenters. The predicted octanol–water partition coefficient (Wildman–Crippen LogP) is 1.78. The van der Waals surface area contributed by atoms with Crippen LogP contribution in [0.4, 0.5) is 0 Å². The molecule has 3 aromatic rings. The number of hydrogen-bond donors (Lipinski definition) is 1. The molecule has 0 amide bonds. The Bertz CT molecular complexity index is 745. The van der Waals surface area contributed by atoms with Crippen molar-refractivity contribution in [2.24, 2.45) is 0 Å². The average molecular weight is 285 g/mol. The van der Waals surface area contributed by atoms with Gasteiger partial charge in [0, 0.05) is 36.6 Å². The number of rotatable bonds is 5. The zero-order chi connectivity index (χ0) is 14.8. The molecule has 0 saturated carbocycles. The number of aliphatic hydroxyl groups is 1. The van der Waals surface area contributed by atoms with Gasteiger partial charge in [-0.1, -0.05) is 6.92 Å². The normalized spacial score (nSPS) is 12.9. The molecule has 1 N–H and O–H groups in total. The van der Waals surface area contributed by atoms with Crippen molar-refractivity contribution >= 4 is 5.52 Å². The van der Waals surface area contributed by atoms with E-state index in [2.05, 4.69) is 35.1 Å². The zero-order valence-electron chi connectivity index (χ0n) is 12.3. The first-order valence-corrected chi connectivity index (χ1v) is 7.23. The van der Waals surface area contributed by atoms with E-state index in [-0.39, 0.29) is 0 Å². The summed E-state index contributed by atoms with van der Waals surface area (Å²) in [5.74, 6) is 0. The Kier molecular flexibility index (Phi) is 3.70. The van der Waals surface area contributed by atoms with E-state index in [9.17, 15) is 5.11 Å². The minimum atomic E-state index is -0.613. The molecule has 3 rings (SSSR count). The Balaban J connectivity index is 1.89. The Morgan fingerprint density at radius 2 is 2.14 bits per heavy atom. The molecule has 0 radical (unpaired) electrons. The number of nitrogens with zero attached hydrogens (tertiary/aromatic N) is 5. The van der Waals surface area contributed by atoms with Crippen LogP contribution in [0.5, 0.6) is 0 Å². The molecule has 3 aromatic heterocycles. The van der Waals surface area contributed by atoms with Crippen molar-refractivity contribution in [3.63, 3.8) is 0 Å². The molecule has 6 nitrogen and oxygen atoms in total. The van der Waals surface area contributed by atoms with Crippen LogP contribution in [0.2, 0.25) is 0 Å². The minimum Gasteiger partial charge on any atom is -0.388 e. The van der Waals surface area contributed by atoms with Crippen molar-refractivity contribution in [3.8, 4) is 0 Å². The summed E-state index contributed by atoms with van der Waals surface area (Å²) in [4.78, 5) is 4.10. The molecule has 0 spiro atoms. The standard InChI is InChI=1S/C15H19N5O/c1-3-11-7-12(19(4-2)18-11)8-15(21)13-9-17-20-6-5-16-10-14(13)20/h5-7,9-10,15,21H,3-4,8H2,1-2H3. The molecule has 0 aliphatic carbocycles. The topological polar surface area (TPSA) is 68.2 Å². The lowest BCUT2D eigenvalue weighted by atomic mass is 10.1. The molecule has 21 heavy (non-hydrogen) atoms. The highest BCUT2D eigenvalue weighted by Gasteiger charge is 2.17. The molecule has 110 valence electrons. The van der Waals surface area contributed by atoms with Crippen LogP contribution >= 0.6 is 0 Å². The Morgan fingerprint density at radius 3 is 2.90 bits per heavy atom. The van der Waals surface area contributed by atoms with E-state index >= 15 is 0 Å². The molecule has 0 fully saturated rings. The van der Waals surface area contributed by atoms with Gasteiger partial charge in [-0.05, 0) is 19.4 Å². The molecule has 0 aliphatic rings. The highest BCUT2D eigenvalue weighted by molar-refractivity contribution is 5.52. The SMILES string of the molecule is CCc1cc(CC(O)c2cnn3ccncc23)n(CC)n1. The first kappa shape index (κ1) is 13.8. The van der Waals surface area contributed by atoms with E-state index in [1.165, 1.54) is 0 Å². The smallest absolute Gasteiger partial charge is 0.0903 e. The van der Waals surface area contributed by atoms with Crippen molar-refractivity contribution in [1.82, 2.24) is 24.4 Å². The van der Waals surface area contributed by atoms with Crippen molar-refractivity contribution < 1.29 is 5.11 Å². The second-order valence-electron chi connectivity index (χ2n) is 5.02. The summed E-state index contributed by atoms with van der Waals surface area (Å²) in [6.45, 7) is 4.94. The lowest BCUT2D eigenvalue weighted by Crippen LogP contribution is -2.08. The Labute approximate surface area is 123 Å². The zero-order valence-corrected chi connectivity index (χ0v) is 12.3. The number of aryl methyl sites for hydroxylation is 2. The third-order valence-corrected chi connectivity index (χ3v) is 3.69. The molecule has 0 aromatic carbocycles. The highest BCUT2D eigenvalue weighted by Crippen LogP contribution is 2.22. The second kappa shape index (κ2) is 5.65. The van der Waals surface area contributed by atoms with Gasteiger partial charge in [0.25, 0.3) is 0 Å². The first-order chi connectivity index (χ1) is 10.2. The monoisotopic (exact) mass is 285 g/mol. The molecular weight excluding hydrogens is 266 g/mol. The van der Waals surface area contributed by atoms with E-state index in [0.29, 0.717) is 6.42 Å². The molecule has 1 unspecified atom stereocenters. The third-order valence-electron chi connectivity index (χ3n) is 3.69. The van der Waals surface area contributed by atoms with E-state index in [1.54, 1.807) is 29.3 Å². The third kappa shape index (κ3) is 2.54. The highest BCUT2D eigenvalue weighted by atomic mass is 16.3. The fourth-order valence-corrected chi connectivity index (χ4v) is 2.54. The number of aliphatic hydroxyl groups excluding tert-OH is 1. The van der Waals surface area contributed by atoms with Crippen LogP contribution in [0.25, 0.3) is 5.52 Å². The van der Waals surface area contributed by atoms with Crippen LogP contribution in [0.3, 0.4) is 0 Å². The van der Waals surface area contributed by atoms with Gasteiger partial charge in [-0.2, -0.15) is 10.2 Å². The summed E-state index contributed by atoms with van der Waals surface area (Å²) < 4.78 is 3.67. The van der Waals surface area contributed by atoms with Crippen LogP contribution < -0.4 is 0 Å². The van der Waals surface area contributed by atoms with Gasteiger partial charge < -0.3 is 5.11 Å². The summed E-state index contributed by atoms with van der Waals surface area (Å²) in [5, 5.41) is 19.3. The predicted molar refractivity (Wildman–Crippen MR) is 78.9 cm³/mol. The summed E-state index contributed by atoms with van der Waals surface area (Å²) >= 11 is 0. The van der Waals surface area contributed by atoms with Crippen LogP contribution in [0.1, 0.15) is 36.9 Å². The van der Waals surface area contributed by atoms with E-state index < -0.39 is 6.10 Å². The maximum Gasteiger partial charge on any atom is 0.0903 e. The number of hydrogen-bond acceptors (Lipinski definition) is 4. The summed E-state index contributed by atoms with van der Waals surface area (Å²) in [5.41, 5.74) is 3.74. The minimum absolute atomic E-state index is 0.525. The second-order valence-corrected chi connectivity index (χ2v) is 5.02. The number of aromatic nitrogens is 5. The van der Waals surface area contributed by atoms with Crippen LogP contribution in [-0.2, 0) is 19.4 Å². The van der Waals surface area contributed by atoms with Gasteiger partial charge in [0.15, 0.2) is 0 Å². The first-order valence-electron chi connectivity index (χ1n) is 7.23. The quantitative estimate of drug-likeness (QED) is 0.776. The van der Waals surface area contributed by atoms with Gasteiger partial charge in [0.2, 0.25) is 0 Å². The molecule has 0 aliphatic heterocycles. The van der Waals surface area contributed by atoms with Gasteiger partial charge in [-0.25, -0.2) is 4.52 Å². The lowest BCUT2D eigenvalue weighted by Gasteiger charge is -2.10. The fraction of sp³-hybridized carbons (Fsp3) is 0.400. The van der Waals surface area contributed by atoms with Crippen molar-refractivity contribution in [1.29, 1.82) is 0 Å². The number of fused-ring (bicyclic) bond motifs is 1. The van der Waals surface area contributed by atoms with Gasteiger partial charge in [-0.15, -0.1) is 0 Å². The summed E-state index contributed by atoms with van der Waals surface area (Å²) in [6, 6.07) is 2.07. The molecule has 3 heterocycles. The van der Waals surface area contributed by atoms with Crippen LogP contribution in [-0.4, -0.2) is 29.5 Å². The Hall–Kier alpha value is -2.21. The van der Waals surface area contributed by atoms with Crippen molar-refractivity contribution in [3.05, 3.63) is 47.8 Å². The van der Waals surface area contributed by atoms with E-state index in [0.717, 1.165) is 35.4 Å². The van der Waals surface area contributed by atoms with Crippen molar-refractivity contribution in [2.75, 3.05) is 0 Å². The van der Waals surface area contributed by atoms with E-state index in [1.807, 2.05) is 4.68 Å². The van der Waals surface area contributed by atoms with Crippen molar-refractivity contribution in [2.45, 2.75) is 39.3 Å². The van der Waals surface area contributed by atoms with Gasteiger partial charge in [0.1, 0.15) is 0 Å². The van der Waals surface area contributed by atoms with Crippen LogP contribution in [0.15, 0.2) is 30.9 Å². The summed E-state index contributed by atoms with van der Waals surface area (Å²) in [6.07, 6.45) is 7.69. The molecule has 0 bridgehead atoms. The largest absolute Gasteiger partial charge is 0.388 e. The summed E-state index contributed by atoms with van der Waals surface area (Å²) in [7, 11) is 0.